The fourth-order valence-electron chi connectivity index (χ4n) is 3.20. The molecule has 0 saturated carbocycles. The topological polar surface area (TPSA) is 15.3 Å². The number of rotatable bonds is 4. The van der Waals surface area contributed by atoms with E-state index in [9.17, 15) is 0 Å². The van der Waals surface area contributed by atoms with Crippen molar-refractivity contribution in [2.45, 2.75) is 65.0 Å². The molecule has 0 radical (unpaired) electrons. The van der Waals surface area contributed by atoms with Crippen LogP contribution >= 0.6 is 0 Å². The van der Waals surface area contributed by atoms with Crippen molar-refractivity contribution in [2.75, 3.05) is 18.0 Å². The van der Waals surface area contributed by atoms with Crippen LogP contribution in [0.15, 0.2) is 24.3 Å². The van der Waals surface area contributed by atoms with Gasteiger partial charge in [0.15, 0.2) is 0 Å². The maximum absolute atomic E-state index is 3.75. The van der Waals surface area contributed by atoms with Crippen LogP contribution in [0.2, 0.25) is 0 Å². The van der Waals surface area contributed by atoms with Crippen LogP contribution in [0.4, 0.5) is 5.69 Å². The van der Waals surface area contributed by atoms with Gasteiger partial charge in [0, 0.05) is 30.9 Å². The van der Waals surface area contributed by atoms with Crippen molar-refractivity contribution in [3.8, 4) is 0 Å². The monoisotopic (exact) mass is 274 g/mol. The fraction of sp³-hybridized carbons (Fsp3) is 0.667. The highest BCUT2D eigenvalue weighted by molar-refractivity contribution is 5.53. The summed E-state index contributed by atoms with van der Waals surface area (Å²) in [6, 6.07) is 10.3. The molecule has 0 aliphatic carbocycles. The van der Waals surface area contributed by atoms with Crippen LogP contribution in [0, 0.1) is 0 Å². The Morgan fingerprint density at radius 2 is 1.90 bits per heavy atom. The average molecular weight is 274 g/mol. The number of nitrogens with zero attached hydrogens (tertiary/aromatic N) is 1. The van der Waals surface area contributed by atoms with Crippen molar-refractivity contribution in [1.82, 2.24) is 5.32 Å². The van der Waals surface area contributed by atoms with Crippen molar-refractivity contribution >= 4 is 5.69 Å². The van der Waals surface area contributed by atoms with Crippen LogP contribution in [0.5, 0.6) is 0 Å². The zero-order valence-corrected chi connectivity index (χ0v) is 13.4. The molecule has 1 saturated heterocycles. The standard InChI is InChI=1S/C18H30N2/c1-4-8-16-9-6-7-10-18(16)20-13-11-15(3)19-17(5-2)12-14-20/h6-7,9-10,15,17,19H,4-5,8,11-14H2,1-3H3. The number of para-hydroxylation sites is 1. The molecule has 1 fully saturated rings. The van der Waals surface area contributed by atoms with Gasteiger partial charge < -0.3 is 10.2 Å². The van der Waals surface area contributed by atoms with Gasteiger partial charge in [-0.15, -0.1) is 0 Å². The summed E-state index contributed by atoms with van der Waals surface area (Å²) in [6.45, 7) is 9.24. The maximum Gasteiger partial charge on any atom is 0.0398 e. The van der Waals surface area contributed by atoms with E-state index >= 15 is 0 Å². The van der Waals surface area contributed by atoms with Gasteiger partial charge in [-0.05, 0) is 44.2 Å². The highest BCUT2D eigenvalue weighted by Crippen LogP contribution is 2.24. The highest BCUT2D eigenvalue weighted by Gasteiger charge is 2.19. The van der Waals surface area contributed by atoms with Gasteiger partial charge in [-0.2, -0.15) is 0 Å². The van der Waals surface area contributed by atoms with E-state index in [-0.39, 0.29) is 0 Å². The second-order valence-corrected chi connectivity index (χ2v) is 6.12. The molecule has 112 valence electrons. The maximum atomic E-state index is 3.75. The summed E-state index contributed by atoms with van der Waals surface area (Å²) in [6.07, 6.45) is 6.13. The lowest BCUT2D eigenvalue weighted by atomic mass is 10.0. The molecule has 0 amide bonds. The van der Waals surface area contributed by atoms with Gasteiger partial charge in [0.1, 0.15) is 0 Å². The molecular formula is C18H30N2. The van der Waals surface area contributed by atoms with Crippen LogP contribution in [0.3, 0.4) is 0 Å². The lowest BCUT2D eigenvalue weighted by Crippen LogP contribution is -2.44. The van der Waals surface area contributed by atoms with Crippen molar-refractivity contribution in [3.05, 3.63) is 29.8 Å². The molecule has 2 unspecified atom stereocenters. The predicted octanol–water partition coefficient (Wildman–Crippen LogP) is 4.00. The zero-order valence-electron chi connectivity index (χ0n) is 13.4. The molecule has 2 nitrogen and oxygen atoms in total. The second kappa shape index (κ2) is 7.68. The summed E-state index contributed by atoms with van der Waals surface area (Å²) in [5.41, 5.74) is 2.99. The molecular weight excluding hydrogens is 244 g/mol. The van der Waals surface area contributed by atoms with Gasteiger partial charge in [-0.1, -0.05) is 38.5 Å². The number of hydrogen-bond donors (Lipinski definition) is 1. The van der Waals surface area contributed by atoms with Gasteiger partial charge in [-0.3, -0.25) is 0 Å². The molecule has 1 aliphatic rings. The summed E-state index contributed by atoms with van der Waals surface area (Å²) in [7, 11) is 0. The van der Waals surface area contributed by atoms with Crippen LogP contribution in [-0.4, -0.2) is 25.2 Å². The average Bonchev–Trinajstić information content (AvgIpc) is 2.45. The molecule has 2 atom stereocenters. The molecule has 1 aromatic carbocycles. The Balaban J connectivity index is 2.14. The third kappa shape index (κ3) is 3.99. The van der Waals surface area contributed by atoms with E-state index < -0.39 is 0 Å². The number of aryl methyl sites for hydroxylation is 1. The Labute approximate surface area is 124 Å². The van der Waals surface area contributed by atoms with Crippen molar-refractivity contribution in [2.24, 2.45) is 0 Å². The van der Waals surface area contributed by atoms with E-state index in [4.69, 9.17) is 0 Å². The minimum absolute atomic E-state index is 0.626. The van der Waals surface area contributed by atoms with E-state index in [0.717, 1.165) is 0 Å². The molecule has 0 spiro atoms. The third-order valence-corrected chi connectivity index (χ3v) is 4.44. The summed E-state index contributed by atoms with van der Waals surface area (Å²) in [5, 5.41) is 3.75. The Morgan fingerprint density at radius 1 is 1.15 bits per heavy atom. The number of nitrogens with one attached hydrogen (secondary N) is 1. The minimum Gasteiger partial charge on any atom is -0.371 e. The Bertz CT molecular complexity index is 402. The normalized spacial score (nSPS) is 24.2. The summed E-state index contributed by atoms with van der Waals surface area (Å²) in [5.74, 6) is 0. The SMILES string of the molecule is CCCc1ccccc1N1CCC(C)NC(CC)CC1. The lowest BCUT2D eigenvalue weighted by Gasteiger charge is -2.34. The first-order valence-corrected chi connectivity index (χ1v) is 8.33. The quantitative estimate of drug-likeness (QED) is 0.893. The molecule has 1 aromatic rings. The Kier molecular flexibility index (Phi) is 5.90. The second-order valence-electron chi connectivity index (χ2n) is 6.12. The lowest BCUT2D eigenvalue weighted by molar-refractivity contribution is 0.378. The zero-order chi connectivity index (χ0) is 14.4. The first kappa shape index (κ1) is 15.4. The van der Waals surface area contributed by atoms with Crippen LogP contribution in [-0.2, 0) is 6.42 Å². The van der Waals surface area contributed by atoms with Gasteiger partial charge in [0.25, 0.3) is 0 Å². The van der Waals surface area contributed by atoms with E-state index in [1.165, 1.54) is 56.4 Å². The van der Waals surface area contributed by atoms with Crippen molar-refractivity contribution < 1.29 is 0 Å². The van der Waals surface area contributed by atoms with Crippen molar-refractivity contribution in [3.63, 3.8) is 0 Å². The molecule has 2 heteroatoms. The summed E-state index contributed by atoms with van der Waals surface area (Å²) < 4.78 is 0. The van der Waals surface area contributed by atoms with Crippen molar-refractivity contribution in [1.29, 1.82) is 0 Å². The van der Waals surface area contributed by atoms with Crippen LogP contribution in [0.25, 0.3) is 0 Å². The van der Waals surface area contributed by atoms with E-state index in [2.05, 4.69) is 55.3 Å². The van der Waals surface area contributed by atoms with E-state index in [1.54, 1.807) is 0 Å². The highest BCUT2D eigenvalue weighted by atomic mass is 15.1. The number of anilines is 1. The Hall–Kier alpha value is -1.02. The number of hydrogen-bond acceptors (Lipinski definition) is 2. The van der Waals surface area contributed by atoms with E-state index in [0.29, 0.717) is 12.1 Å². The third-order valence-electron chi connectivity index (χ3n) is 4.44. The molecule has 1 aliphatic heterocycles. The smallest absolute Gasteiger partial charge is 0.0398 e. The molecule has 1 N–H and O–H groups in total. The molecule has 20 heavy (non-hydrogen) atoms. The van der Waals surface area contributed by atoms with Gasteiger partial charge >= 0.3 is 0 Å². The van der Waals surface area contributed by atoms with Gasteiger partial charge in [0.05, 0.1) is 0 Å². The first-order valence-electron chi connectivity index (χ1n) is 8.33. The van der Waals surface area contributed by atoms with Crippen LogP contribution < -0.4 is 10.2 Å². The largest absolute Gasteiger partial charge is 0.371 e. The van der Waals surface area contributed by atoms with E-state index in [1.807, 2.05) is 0 Å². The molecule has 2 rings (SSSR count). The molecule has 1 heterocycles. The van der Waals surface area contributed by atoms with Gasteiger partial charge in [-0.25, -0.2) is 0 Å². The molecule has 0 aromatic heterocycles. The first-order chi connectivity index (χ1) is 9.74. The molecule has 0 bridgehead atoms. The van der Waals surface area contributed by atoms with Gasteiger partial charge in [0.2, 0.25) is 0 Å². The van der Waals surface area contributed by atoms with Crippen LogP contribution in [0.1, 0.15) is 52.0 Å². The fourth-order valence-corrected chi connectivity index (χ4v) is 3.20. The minimum atomic E-state index is 0.626. The predicted molar refractivity (Wildman–Crippen MR) is 88.6 cm³/mol. The Morgan fingerprint density at radius 3 is 2.65 bits per heavy atom. The summed E-state index contributed by atoms with van der Waals surface area (Å²) in [4.78, 5) is 2.62. The number of benzene rings is 1. The summed E-state index contributed by atoms with van der Waals surface area (Å²) >= 11 is 0.